The van der Waals surface area contributed by atoms with Gasteiger partial charge in [0.05, 0.1) is 28.3 Å². The van der Waals surface area contributed by atoms with Crippen molar-refractivity contribution in [1.29, 1.82) is 0 Å². The van der Waals surface area contributed by atoms with Crippen molar-refractivity contribution in [2.45, 2.75) is 20.0 Å². The number of aromatic nitrogens is 2. The summed E-state index contributed by atoms with van der Waals surface area (Å²) in [5.74, 6) is 0. The first-order chi connectivity index (χ1) is 9.84. The number of rotatable bonds is 4. The molecule has 3 N–H and O–H groups in total. The Morgan fingerprint density at radius 2 is 1.81 bits per heavy atom. The molecule has 21 heavy (non-hydrogen) atoms. The fraction of sp³-hybridized carbons (Fsp3) is 0.357. The SMILES string of the molecule is Cc1nn(-c2ccc(C(F)(F)F)cc2)c(C)c1NCCN. The summed E-state index contributed by atoms with van der Waals surface area (Å²) >= 11 is 0. The third-order valence-electron chi connectivity index (χ3n) is 3.18. The zero-order valence-corrected chi connectivity index (χ0v) is 11.8. The Kier molecular flexibility index (Phi) is 4.22. The lowest BCUT2D eigenvalue weighted by Gasteiger charge is -2.09. The summed E-state index contributed by atoms with van der Waals surface area (Å²) in [6.07, 6.45) is -4.33. The molecule has 0 aliphatic carbocycles. The molecule has 7 heteroatoms. The molecule has 0 unspecified atom stereocenters. The Bertz CT molecular complexity index is 614. The average molecular weight is 298 g/mol. The molecule has 114 valence electrons. The highest BCUT2D eigenvalue weighted by Gasteiger charge is 2.30. The molecule has 1 heterocycles. The summed E-state index contributed by atoms with van der Waals surface area (Å²) in [5.41, 5.74) is 7.84. The van der Waals surface area contributed by atoms with Crippen LogP contribution in [0.25, 0.3) is 5.69 Å². The summed E-state index contributed by atoms with van der Waals surface area (Å²) in [4.78, 5) is 0. The molecule has 0 radical (unpaired) electrons. The van der Waals surface area contributed by atoms with Crippen LogP contribution in [0.3, 0.4) is 0 Å². The molecule has 4 nitrogen and oxygen atoms in total. The third kappa shape index (κ3) is 3.18. The van der Waals surface area contributed by atoms with Crippen LogP contribution >= 0.6 is 0 Å². The second kappa shape index (κ2) is 5.77. The van der Waals surface area contributed by atoms with Crippen molar-refractivity contribution in [3.05, 3.63) is 41.2 Å². The summed E-state index contributed by atoms with van der Waals surface area (Å²) in [6, 6.07) is 4.93. The fourth-order valence-electron chi connectivity index (χ4n) is 2.14. The topological polar surface area (TPSA) is 55.9 Å². The van der Waals surface area contributed by atoms with E-state index in [0.29, 0.717) is 18.8 Å². The van der Waals surface area contributed by atoms with Crippen LogP contribution in [0.4, 0.5) is 18.9 Å². The van der Waals surface area contributed by atoms with Crippen LogP contribution in [-0.4, -0.2) is 22.9 Å². The summed E-state index contributed by atoms with van der Waals surface area (Å²) in [7, 11) is 0. The Balaban J connectivity index is 2.34. The van der Waals surface area contributed by atoms with Gasteiger partial charge in [0, 0.05) is 13.1 Å². The summed E-state index contributed by atoms with van der Waals surface area (Å²) < 4.78 is 39.3. The molecule has 2 aromatic rings. The standard InChI is InChI=1S/C14H17F3N4/c1-9-13(19-8-7-18)10(2)21(20-9)12-5-3-11(4-6-12)14(15,16)17/h3-6,19H,7-8,18H2,1-2H3. The molecule has 1 aromatic carbocycles. The van der Waals surface area contributed by atoms with Gasteiger partial charge in [-0.25, -0.2) is 4.68 Å². The molecule has 0 bridgehead atoms. The first kappa shape index (κ1) is 15.4. The van der Waals surface area contributed by atoms with Gasteiger partial charge in [0.15, 0.2) is 0 Å². The van der Waals surface area contributed by atoms with Gasteiger partial charge in [0.2, 0.25) is 0 Å². The number of halogens is 3. The molecule has 0 aliphatic heterocycles. The van der Waals surface area contributed by atoms with Crippen molar-refractivity contribution in [3.63, 3.8) is 0 Å². The summed E-state index contributed by atoms with van der Waals surface area (Å²) in [5, 5.41) is 7.53. The van der Waals surface area contributed by atoms with Crippen molar-refractivity contribution in [2.24, 2.45) is 5.73 Å². The van der Waals surface area contributed by atoms with Gasteiger partial charge in [-0.2, -0.15) is 18.3 Å². The zero-order chi connectivity index (χ0) is 15.6. The van der Waals surface area contributed by atoms with Gasteiger partial charge in [-0.1, -0.05) is 0 Å². The molecule has 0 saturated carbocycles. The number of alkyl halides is 3. The van der Waals surface area contributed by atoms with E-state index in [1.165, 1.54) is 12.1 Å². The highest BCUT2D eigenvalue weighted by molar-refractivity contribution is 5.54. The minimum Gasteiger partial charge on any atom is -0.381 e. The lowest BCUT2D eigenvalue weighted by atomic mass is 10.2. The van der Waals surface area contributed by atoms with Gasteiger partial charge >= 0.3 is 6.18 Å². The predicted octanol–water partition coefficient (Wildman–Crippen LogP) is 2.88. The van der Waals surface area contributed by atoms with Crippen LogP contribution in [0.2, 0.25) is 0 Å². The second-order valence-corrected chi connectivity index (χ2v) is 4.72. The summed E-state index contributed by atoms with van der Waals surface area (Å²) in [6.45, 7) is 4.80. The first-order valence-electron chi connectivity index (χ1n) is 6.52. The normalized spacial score (nSPS) is 11.7. The molecular weight excluding hydrogens is 281 g/mol. The van der Waals surface area contributed by atoms with E-state index < -0.39 is 11.7 Å². The van der Waals surface area contributed by atoms with Gasteiger partial charge in [0.1, 0.15) is 0 Å². The largest absolute Gasteiger partial charge is 0.416 e. The Morgan fingerprint density at radius 3 is 2.33 bits per heavy atom. The van der Waals surface area contributed by atoms with Crippen LogP contribution < -0.4 is 11.1 Å². The lowest BCUT2D eigenvalue weighted by Crippen LogP contribution is -2.14. The number of hydrogen-bond acceptors (Lipinski definition) is 3. The van der Waals surface area contributed by atoms with E-state index in [-0.39, 0.29) is 0 Å². The number of anilines is 1. The molecule has 0 saturated heterocycles. The minimum absolute atomic E-state index is 0.490. The highest BCUT2D eigenvalue weighted by atomic mass is 19.4. The number of nitrogens with two attached hydrogens (primary N) is 1. The minimum atomic E-state index is -4.33. The smallest absolute Gasteiger partial charge is 0.381 e. The van der Waals surface area contributed by atoms with Crippen LogP contribution in [-0.2, 0) is 6.18 Å². The van der Waals surface area contributed by atoms with E-state index in [4.69, 9.17) is 5.73 Å². The maximum absolute atomic E-state index is 12.6. The van der Waals surface area contributed by atoms with Crippen LogP contribution in [0.1, 0.15) is 17.0 Å². The molecule has 1 aromatic heterocycles. The first-order valence-corrected chi connectivity index (χ1v) is 6.52. The predicted molar refractivity (Wildman–Crippen MR) is 75.6 cm³/mol. The van der Waals surface area contributed by atoms with Crippen molar-refractivity contribution in [3.8, 4) is 5.69 Å². The third-order valence-corrected chi connectivity index (χ3v) is 3.18. The van der Waals surface area contributed by atoms with E-state index in [2.05, 4.69) is 10.4 Å². The van der Waals surface area contributed by atoms with Crippen LogP contribution in [0.5, 0.6) is 0 Å². The number of benzene rings is 1. The lowest BCUT2D eigenvalue weighted by molar-refractivity contribution is -0.137. The molecule has 2 rings (SSSR count). The maximum atomic E-state index is 12.6. The van der Waals surface area contributed by atoms with Crippen molar-refractivity contribution < 1.29 is 13.2 Å². The molecule has 0 spiro atoms. The quantitative estimate of drug-likeness (QED) is 0.912. The second-order valence-electron chi connectivity index (χ2n) is 4.72. The van der Waals surface area contributed by atoms with E-state index in [1.807, 2.05) is 13.8 Å². The average Bonchev–Trinajstić information content (AvgIpc) is 2.71. The molecular formula is C14H17F3N4. The van der Waals surface area contributed by atoms with Crippen LogP contribution in [0, 0.1) is 13.8 Å². The van der Waals surface area contributed by atoms with Gasteiger partial charge in [0.25, 0.3) is 0 Å². The maximum Gasteiger partial charge on any atom is 0.416 e. The molecule has 0 aliphatic rings. The molecule has 0 atom stereocenters. The highest BCUT2D eigenvalue weighted by Crippen LogP contribution is 2.30. The fourth-order valence-corrected chi connectivity index (χ4v) is 2.14. The Hall–Kier alpha value is -2.02. The van der Waals surface area contributed by atoms with E-state index in [0.717, 1.165) is 29.2 Å². The Labute approximate surface area is 120 Å². The van der Waals surface area contributed by atoms with E-state index in [9.17, 15) is 13.2 Å². The zero-order valence-electron chi connectivity index (χ0n) is 11.8. The number of aryl methyl sites for hydroxylation is 1. The van der Waals surface area contributed by atoms with Crippen LogP contribution in [0.15, 0.2) is 24.3 Å². The number of nitrogens with zero attached hydrogens (tertiary/aromatic N) is 2. The van der Waals surface area contributed by atoms with Crippen molar-refractivity contribution in [1.82, 2.24) is 9.78 Å². The van der Waals surface area contributed by atoms with Crippen molar-refractivity contribution >= 4 is 5.69 Å². The van der Waals surface area contributed by atoms with Gasteiger partial charge in [-0.15, -0.1) is 0 Å². The van der Waals surface area contributed by atoms with E-state index >= 15 is 0 Å². The van der Waals surface area contributed by atoms with Crippen molar-refractivity contribution in [2.75, 3.05) is 18.4 Å². The number of hydrogen-bond donors (Lipinski definition) is 2. The van der Waals surface area contributed by atoms with Gasteiger partial charge in [-0.3, -0.25) is 0 Å². The Morgan fingerprint density at radius 1 is 1.19 bits per heavy atom. The number of nitrogens with one attached hydrogen (secondary N) is 1. The van der Waals surface area contributed by atoms with Gasteiger partial charge < -0.3 is 11.1 Å². The molecule has 0 amide bonds. The molecule has 0 fully saturated rings. The van der Waals surface area contributed by atoms with Gasteiger partial charge in [-0.05, 0) is 38.1 Å². The van der Waals surface area contributed by atoms with E-state index in [1.54, 1.807) is 4.68 Å². The monoisotopic (exact) mass is 298 g/mol.